The summed E-state index contributed by atoms with van der Waals surface area (Å²) in [6, 6.07) is 0.142. The van der Waals surface area contributed by atoms with Crippen molar-refractivity contribution < 1.29 is 19.4 Å². The van der Waals surface area contributed by atoms with Crippen molar-refractivity contribution in [3.8, 4) is 0 Å². The van der Waals surface area contributed by atoms with E-state index in [1.54, 1.807) is 6.92 Å². The number of rotatable bonds is 3. The monoisotopic (exact) mass is 340 g/mol. The van der Waals surface area contributed by atoms with Gasteiger partial charge in [-0.1, -0.05) is 19.3 Å². The summed E-state index contributed by atoms with van der Waals surface area (Å²) in [7, 11) is 0. The Bertz CT molecular complexity index is 418. The molecule has 1 spiro atoms. The summed E-state index contributed by atoms with van der Waals surface area (Å²) in [6.45, 7) is 4.18. The first-order valence-corrected chi connectivity index (χ1v) is 9.55. The Hall–Kier alpha value is -0.850. The Labute approximate surface area is 144 Å². The van der Waals surface area contributed by atoms with E-state index in [-0.39, 0.29) is 23.7 Å². The van der Waals surface area contributed by atoms with Gasteiger partial charge in [0.15, 0.2) is 0 Å². The number of amides is 2. The van der Waals surface area contributed by atoms with Crippen LogP contribution in [0.2, 0.25) is 0 Å². The second-order valence-corrected chi connectivity index (χ2v) is 7.74. The first-order chi connectivity index (χ1) is 11.6. The summed E-state index contributed by atoms with van der Waals surface area (Å²) in [5, 5.41) is 12.9. The van der Waals surface area contributed by atoms with Crippen LogP contribution in [0.1, 0.15) is 58.3 Å². The Balaban J connectivity index is 1.56. The zero-order chi connectivity index (χ0) is 17.0. The smallest absolute Gasteiger partial charge is 0.318 e. The maximum Gasteiger partial charge on any atom is 0.318 e. The van der Waals surface area contributed by atoms with Crippen LogP contribution in [0.25, 0.3) is 0 Å². The summed E-state index contributed by atoms with van der Waals surface area (Å²) in [4.78, 5) is 14.6. The quantitative estimate of drug-likeness (QED) is 0.825. The zero-order valence-electron chi connectivity index (χ0n) is 14.8. The molecule has 3 unspecified atom stereocenters. The third-order valence-electron chi connectivity index (χ3n) is 5.69. The third-order valence-corrected chi connectivity index (χ3v) is 5.69. The topological polar surface area (TPSA) is 71.0 Å². The van der Waals surface area contributed by atoms with Crippen LogP contribution in [0.5, 0.6) is 0 Å². The molecule has 2 N–H and O–H groups in total. The number of urea groups is 1. The SMILES string of the molecule is CC(O)CC1COCCN1C(=O)NC1CCOC2(CCCCC2)C1. The van der Waals surface area contributed by atoms with Gasteiger partial charge in [0.05, 0.1) is 31.0 Å². The number of carbonyl (C=O) groups is 1. The highest BCUT2D eigenvalue weighted by Crippen LogP contribution is 2.38. The molecule has 2 saturated heterocycles. The molecule has 0 bridgehead atoms. The number of nitrogens with zero attached hydrogens (tertiary/aromatic N) is 1. The van der Waals surface area contributed by atoms with Gasteiger partial charge in [0, 0.05) is 19.2 Å². The van der Waals surface area contributed by atoms with Crippen LogP contribution < -0.4 is 5.32 Å². The number of aliphatic hydroxyl groups excluding tert-OH is 1. The number of morpholine rings is 1. The zero-order valence-corrected chi connectivity index (χ0v) is 14.8. The van der Waals surface area contributed by atoms with Gasteiger partial charge in [-0.25, -0.2) is 4.79 Å². The van der Waals surface area contributed by atoms with Crippen molar-refractivity contribution in [3.05, 3.63) is 0 Å². The lowest BCUT2D eigenvalue weighted by atomic mass is 9.78. The average molecular weight is 340 g/mol. The van der Waals surface area contributed by atoms with Crippen molar-refractivity contribution in [1.82, 2.24) is 10.2 Å². The second kappa shape index (κ2) is 8.02. The maximum atomic E-state index is 12.8. The minimum atomic E-state index is -0.430. The number of hydrogen-bond acceptors (Lipinski definition) is 4. The molecule has 1 aliphatic carbocycles. The van der Waals surface area contributed by atoms with Crippen LogP contribution >= 0.6 is 0 Å². The Morgan fingerprint density at radius 2 is 2.12 bits per heavy atom. The van der Waals surface area contributed by atoms with Crippen LogP contribution in [0.3, 0.4) is 0 Å². The molecule has 0 aromatic heterocycles. The van der Waals surface area contributed by atoms with E-state index < -0.39 is 6.10 Å². The summed E-state index contributed by atoms with van der Waals surface area (Å²) >= 11 is 0. The second-order valence-electron chi connectivity index (χ2n) is 7.74. The predicted molar refractivity (Wildman–Crippen MR) is 90.9 cm³/mol. The maximum absolute atomic E-state index is 12.8. The van der Waals surface area contributed by atoms with Crippen LogP contribution in [-0.2, 0) is 9.47 Å². The first-order valence-electron chi connectivity index (χ1n) is 9.55. The first kappa shape index (κ1) is 18.0. The fourth-order valence-corrected chi connectivity index (χ4v) is 4.46. The lowest BCUT2D eigenvalue weighted by Gasteiger charge is -2.44. The van der Waals surface area contributed by atoms with Gasteiger partial charge in [0.2, 0.25) is 0 Å². The molecule has 3 aliphatic rings. The molecular weight excluding hydrogens is 308 g/mol. The average Bonchev–Trinajstić information content (AvgIpc) is 2.55. The van der Waals surface area contributed by atoms with Gasteiger partial charge in [-0.2, -0.15) is 0 Å². The molecule has 2 aliphatic heterocycles. The molecule has 3 fully saturated rings. The van der Waals surface area contributed by atoms with Crippen LogP contribution in [0.15, 0.2) is 0 Å². The van der Waals surface area contributed by atoms with E-state index in [1.165, 1.54) is 19.3 Å². The standard InChI is InChI=1S/C18H32N2O4/c1-14(21)11-16-13-23-10-8-20(16)17(22)19-15-5-9-24-18(12-15)6-3-2-4-7-18/h14-16,21H,2-13H2,1H3,(H,19,22). The molecule has 3 rings (SSSR count). The number of ether oxygens (including phenoxy) is 2. The normalized spacial score (nSPS) is 31.7. The summed E-state index contributed by atoms with van der Waals surface area (Å²) in [5.74, 6) is 0. The van der Waals surface area contributed by atoms with Crippen LogP contribution in [0, 0.1) is 0 Å². The van der Waals surface area contributed by atoms with E-state index in [9.17, 15) is 9.90 Å². The highest BCUT2D eigenvalue weighted by molar-refractivity contribution is 5.75. The lowest BCUT2D eigenvalue weighted by Crippen LogP contribution is -2.57. The number of nitrogens with one attached hydrogen (secondary N) is 1. The molecule has 6 nitrogen and oxygen atoms in total. The van der Waals surface area contributed by atoms with E-state index in [2.05, 4.69) is 5.32 Å². The minimum absolute atomic E-state index is 0.00152. The Morgan fingerprint density at radius 1 is 1.33 bits per heavy atom. The molecule has 3 atom stereocenters. The molecule has 24 heavy (non-hydrogen) atoms. The Morgan fingerprint density at radius 3 is 2.88 bits per heavy atom. The molecule has 2 amide bonds. The molecular formula is C18H32N2O4. The lowest BCUT2D eigenvalue weighted by molar-refractivity contribution is -0.108. The number of hydrogen-bond donors (Lipinski definition) is 2. The van der Waals surface area contributed by atoms with Gasteiger partial charge < -0.3 is 24.8 Å². The van der Waals surface area contributed by atoms with Gasteiger partial charge in [-0.3, -0.25) is 0 Å². The number of aliphatic hydroxyl groups is 1. The van der Waals surface area contributed by atoms with Crippen molar-refractivity contribution >= 4 is 6.03 Å². The minimum Gasteiger partial charge on any atom is -0.393 e. The van der Waals surface area contributed by atoms with Crippen molar-refractivity contribution in [2.24, 2.45) is 0 Å². The van der Waals surface area contributed by atoms with Gasteiger partial charge in [-0.15, -0.1) is 0 Å². The molecule has 2 heterocycles. The Kier molecular flexibility index (Phi) is 6.00. The molecule has 1 saturated carbocycles. The van der Waals surface area contributed by atoms with E-state index in [0.717, 1.165) is 32.3 Å². The fourth-order valence-electron chi connectivity index (χ4n) is 4.46. The van der Waals surface area contributed by atoms with E-state index in [1.807, 2.05) is 4.90 Å². The summed E-state index contributed by atoms with van der Waals surface area (Å²) < 4.78 is 11.6. The van der Waals surface area contributed by atoms with E-state index >= 15 is 0 Å². The highest BCUT2D eigenvalue weighted by atomic mass is 16.5. The van der Waals surface area contributed by atoms with Crippen molar-refractivity contribution in [1.29, 1.82) is 0 Å². The van der Waals surface area contributed by atoms with E-state index in [0.29, 0.717) is 26.2 Å². The highest BCUT2D eigenvalue weighted by Gasteiger charge is 2.39. The van der Waals surface area contributed by atoms with Crippen LogP contribution in [0.4, 0.5) is 4.79 Å². The molecule has 0 radical (unpaired) electrons. The van der Waals surface area contributed by atoms with Gasteiger partial charge in [0.25, 0.3) is 0 Å². The summed E-state index contributed by atoms with van der Waals surface area (Å²) in [6.07, 6.45) is 7.98. The van der Waals surface area contributed by atoms with Crippen molar-refractivity contribution in [2.45, 2.75) is 82.1 Å². The van der Waals surface area contributed by atoms with Crippen molar-refractivity contribution in [2.75, 3.05) is 26.4 Å². The molecule has 138 valence electrons. The third kappa shape index (κ3) is 4.41. The van der Waals surface area contributed by atoms with Gasteiger partial charge >= 0.3 is 6.03 Å². The van der Waals surface area contributed by atoms with E-state index in [4.69, 9.17) is 9.47 Å². The molecule has 0 aromatic carbocycles. The van der Waals surface area contributed by atoms with Gasteiger partial charge in [-0.05, 0) is 39.0 Å². The largest absolute Gasteiger partial charge is 0.393 e. The van der Waals surface area contributed by atoms with Crippen molar-refractivity contribution in [3.63, 3.8) is 0 Å². The fraction of sp³-hybridized carbons (Fsp3) is 0.944. The van der Waals surface area contributed by atoms with Gasteiger partial charge in [0.1, 0.15) is 0 Å². The number of carbonyl (C=O) groups excluding carboxylic acids is 1. The predicted octanol–water partition coefficient (Wildman–Crippen LogP) is 2.05. The summed E-state index contributed by atoms with van der Waals surface area (Å²) in [5.41, 5.74) is -0.00152. The van der Waals surface area contributed by atoms with Crippen LogP contribution in [-0.4, -0.2) is 66.2 Å². The molecule has 6 heteroatoms. The molecule has 0 aromatic rings.